The Bertz CT molecular complexity index is 689. The molecule has 3 heteroatoms. The molecule has 0 spiro atoms. The van der Waals surface area contributed by atoms with Gasteiger partial charge in [0.1, 0.15) is 11.5 Å². The Labute approximate surface area is 125 Å². The lowest BCUT2D eigenvalue weighted by Crippen LogP contribution is -2.19. The number of rotatable bonds is 2. The topological polar surface area (TPSA) is 43.1 Å². The zero-order valence-electron chi connectivity index (χ0n) is 13.1. The molecule has 0 saturated carbocycles. The van der Waals surface area contributed by atoms with Crippen molar-refractivity contribution in [1.82, 2.24) is 4.98 Å². The van der Waals surface area contributed by atoms with Gasteiger partial charge in [0.05, 0.1) is 0 Å². The number of fused-ring (bicyclic) bond motifs is 1. The predicted molar refractivity (Wildman–Crippen MR) is 81.9 cm³/mol. The average Bonchev–Trinajstić information content (AvgIpc) is 2.81. The van der Waals surface area contributed by atoms with Gasteiger partial charge in [-0.2, -0.15) is 0 Å². The van der Waals surface area contributed by atoms with Crippen LogP contribution in [0.25, 0.3) is 0 Å². The van der Waals surface area contributed by atoms with E-state index >= 15 is 0 Å². The Morgan fingerprint density at radius 2 is 1.86 bits per heavy atom. The first-order valence-electron chi connectivity index (χ1n) is 7.59. The molecule has 2 aromatic rings. The van der Waals surface area contributed by atoms with Gasteiger partial charge < -0.3 is 4.42 Å². The number of ketones is 1. The van der Waals surface area contributed by atoms with Crippen LogP contribution in [-0.2, 0) is 12.8 Å². The molecular weight excluding hydrogens is 262 g/mol. The Balaban J connectivity index is 2.01. The third-order valence-electron chi connectivity index (χ3n) is 4.32. The first kappa shape index (κ1) is 14.1. The molecule has 1 aromatic heterocycles. The van der Waals surface area contributed by atoms with E-state index in [1.165, 1.54) is 22.3 Å². The molecule has 21 heavy (non-hydrogen) atoms. The number of benzene rings is 1. The number of carbonyl (C=O) groups is 1. The molecule has 3 nitrogen and oxygen atoms in total. The van der Waals surface area contributed by atoms with E-state index in [4.69, 9.17) is 4.42 Å². The lowest BCUT2D eigenvalue weighted by molar-refractivity contribution is 0.0956. The first-order valence-corrected chi connectivity index (χ1v) is 7.59. The van der Waals surface area contributed by atoms with Crippen LogP contribution in [0.1, 0.15) is 63.7 Å². The summed E-state index contributed by atoms with van der Waals surface area (Å²) in [5, 5.41) is 0. The minimum absolute atomic E-state index is 0.115. The van der Waals surface area contributed by atoms with Crippen LogP contribution < -0.4 is 0 Å². The number of aryl methyl sites for hydroxylation is 4. The average molecular weight is 283 g/mol. The smallest absolute Gasteiger partial charge is 0.194 e. The van der Waals surface area contributed by atoms with Crippen molar-refractivity contribution in [3.63, 3.8) is 0 Å². The summed E-state index contributed by atoms with van der Waals surface area (Å²) in [7, 11) is 0. The van der Waals surface area contributed by atoms with E-state index in [9.17, 15) is 4.79 Å². The van der Waals surface area contributed by atoms with E-state index in [0.717, 1.165) is 18.6 Å². The lowest BCUT2D eigenvalue weighted by atomic mass is 9.80. The molecule has 1 heterocycles. The summed E-state index contributed by atoms with van der Waals surface area (Å²) in [6, 6.07) is 4.39. The van der Waals surface area contributed by atoms with Crippen LogP contribution in [0.4, 0.5) is 0 Å². The van der Waals surface area contributed by atoms with Crippen LogP contribution >= 0.6 is 0 Å². The van der Waals surface area contributed by atoms with Crippen molar-refractivity contribution >= 4 is 5.78 Å². The van der Waals surface area contributed by atoms with Crippen molar-refractivity contribution in [1.29, 1.82) is 0 Å². The predicted octanol–water partition coefficient (Wildman–Crippen LogP) is 4.07. The van der Waals surface area contributed by atoms with Gasteiger partial charge in [-0.25, -0.2) is 4.98 Å². The van der Waals surface area contributed by atoms with E-state index in [1.54, 1.807) is 0 Å². The number of oxazole rings is 1. The summed E-state index contributed by atoms with van der Waals surface area (Å²) in [4.78, 5) is 16.7. The van der Waals surface area contributed by atoms with Gasteiger partial charge in [0.2, 0.25) is 0 Å². The van der Waals surface area contributed by atoms with Crippen molar-refractivity contribution in [3.05, 3.63) is 51.7 Å². The first-order chi connectivity index (χ1) is 9.99. The molecule has 0 radical (unpaired) electrons. The fourth-order valence-electron chi connectivity index (χ4n) is 3.56. The molecule has 3 rings (SSSR count). The SMILES string of the molecule is CCc1nc2c(o1)C[C@@H](c1c(C)cc(C)cc1C)CC2=O. The van der Waals surface area contributed by atoms with E-state index in [1.807, 2.05) is 6.92 Å². The number of hydrogen-bond acceptors (Lipinski definition) is 3. The molecule has 0 bridgehead atoms. The Hall–Kier alpha value is -1.90. The van der Waals surface area contributed by atoms with Crippen LogP contribution in [-0.4, -0.2) is 10.8 Å². The van der Waals surface area contributed by atoms with E-state index in [-0.39, 0.29) is 11.7 Å². The van der Waals surface area contributed by atoms with Crippen molar-refractivity contribution in [2.75, 3.05) is 0 Å². The molecular formula is C18H21NO2. The van der Waals surface area contributed by atoms with Crippen molar-refractivity contribution in [2.24, 2.45) is 0 Å². The highest BCUT2D eigenvalue weighted by atomic mass is 16.4. The van der Waals surface area contributed by atoms with Crippen molar-refractivity contribution in [2.45, 2.75) is 52.9 Å². The van der Waals surface area contributed by atoms with Gasteiger partial charge in [-0.15, -0.1) is 0 Å². The monoisotopic (exact) mass is 283 g/mol. The van der Waals surface area contributed by atoms with E-state index in [0.29, 0.717) is 18.0 Å². The highest BCUT2D eigenvalue weighted by molar-refractivity contribution is 5.96. The molecule has 0 fully saturated rings. The number of nitrogens with zero attached hydrogens (tertiary/aromatic N) is 1. The Morgan fingerprint density at radius 1 is 1.19 bits per heavy atom. The van der Waals surface area contributed by atoms with Crippen molar-refractivity contribution < 1.29 is 9.21 Å². The van der Waals surface area contributed by atoms with Gasteiger partial charge in [0.15, 0.2) is 11.7 Å². The molecule has 1 aliphatic rings. The lowest BCUT2D eigenvalue weighted by Gasteiger charge is -2.24. The summed E-state index contributed by atoms with van der Waals surface area (Å²) in [5.41, 5.74) is 5.66. The largest absolute Gasteiger partial charge is 0.445 e. The fraction of sp³-hybridized carbons (Fsp3) is 0.444. The Morgan fingerprint density at radius 3 is 2.48 bits per heavy atom. The number of aromatic nitrogens is 1. The van der Waals surface area contributed by atoms with Gasteiger partial charge in [-0.1, -0.05) is 24.6 Å². The highest BCUT2D eigenvalue weighted by Crippen LogP contribution is 2.36. The third kappa shape index (κ3) is 2.41. The summed E-state index contributed by atoms with van der Waals surface area (Å²) in [6.07, 6.45) is 2.04. The molecule has 1 aromatic carbocycles. The zero-order chi connectivity index (χ0) is 15.1. The maximum Gasteiger partial charge on any atom is 0.194 e. The normalized spacial score (nSPS) is 17.9. The minimum Gasteiger partial charge on any atom is -0.445 e. The summed E-state index contributed by atoms with van der Waals surface area (Å²) in [5.74, 6) is 1.77. The maximum atomic E-state index is 12.4. The molecule has 1 atom stereocenters. The van der Waals surface area contributed by atoms with Gasteiger partial charge in [0, 0.05) is 19.3 Å². The standard InChI is InChI=1S/C18H21NO2/c1-5-16-19-18-14(20)8-13(9-15(18)21-16)17-11(3)6-10(2)7-12(17)4/h6-7,13H,5,8-9H2,1-4H3/t13-/m0/s1. The van der Waals surface area contributed by atoms with Crippen LogP contribution in [0.15, 0.2) is 16.5 Å². The van der Waals surface area contributed by atoms with Gasteiger partial charge in [0.25, 0.3) is 0 Å². The van der Waals surface area contributed by atoms with Gasteiger partial charge in [-0.3, -0.25) is 4.79 Å². The summed E-state index contributed by atoms with van der Waals surface area (Å²) >= 11 is 0. The quantitative estimate of drug-likeness (QED) is 0.834. The summed E-state index contributed by atoms with van der Waals surface area (Å²) in [6.45, 7) is 8.37. The Kier molecular flexibility index (Phi) is 3.44. The fourth-order valence-corrected chi connectivity index (χ4v) is 3.56. The maximum absolute atomic E-state index is 12.4. The van der Waals surface area contributed by atoms with E-state index in [2.05, 4.69) is 37.9 Å². The molecule has 0 N–H and O–H groups in total. The van der Waals surface area contributed by atoms with Crippen LogP contribution in [0.2, 0.25) is 0 Å². The molecule has 0 saturated heterocycles. The molecule has 0 unspecified atom stereocenters. The number of hydrogen-bond donors (Lipinski definition) is 0. The second-order valence-corrected chi connectivity index (χ2v) is 6.07. The van der Waals surface area contributed by atoms with Gasteiger partial charge in [-0.05, 0) is 43.4 Å². The van der Waals surface area contributed by atoms with E-state index < -0.39 is 0 Å². The molecule has 110 valence electrons. The molecule has 0 amide bonds. The molecule has 0 aliphatic heterocycles. The van der Waals surface area contributed by atoms with Crippen LogP contribution in [0.3, 0.4) is 0 Å². The number of Topliss-reactive ketones (excluding diaryl/α,β-unsaturated/α-hetero) is 1. The number of carbonyl (C=O) groups excluding carboxylic acids is 1. The van der Waals surface area contributed by atoms with Crippen LogP contribution in [0, 0.1) is 20.8 Å². The van der Waals surface area contributed by atoms with Gasteiger partial charge >= 0.3 is 0 Å². The minimum atomic E-state index is 0.115. The summed E-state index contributed by atoms with van der Waals surface area (Å²) < 4.78 is 5.75. The van der Waals surface area contributed by atoms with Crippen molar-refractivity contribution in [3.8, 4) is 0 Å². The second kappa shape index (κ2) is 5.14. The second-order valence-electron chi connectivity index (χ2n) is 6.07. The molecule has 1 aliphatic carbocycles. The highest BCUT2D eigenvalue weighted by Gasteiger charge is 2.32. The van der Waals surface area contributed by atoms with Crippen LogP contribution in [0.5, 0.6) is 0 Å². The zero-order valence-corrected chi connectivity index (χ0v) is 13.1. The third-order valence-corrected chi connectivity index (χ3v) is 4.32.